The minimum absolute atomic E-state index is 0.000852. The minimum atomic E-state index is -4.61. The molecule has 19 heavy (non-hydrogen) atoms. The Hall–Kier alpha value is -1.92. The molecule has 0 aromatic heterocycles. The van der Waals surface area contributed by atoms with Crippen molar-refractivity contribution in [3.8, 4) is 11.5 Å². The first kappa shape index (κ1) is 15.1. The van der Waals surface area contributed by atoms with Gasteiger partial charge in [-0.15, -0.1) is 0 Å². The van der Waals surface area contributed by atoms with Crippen LogP contribution < -0.4 is 4.74 Å². The van der Waals surface area contributed by atoms with Gasteiger partial charge in [-0.1, -0.05) is 0 Å². The Morgan fingerprint density at radius 1 is 1.37 bits per heavy atom. The number of rotatable bonds is 5. The van der Waals surface area contributed by atoms with Crippen LogP contribution in [0.25, 0.3) is 0 Å². The molecule has 106 valence electrons. The fraction of sp³-hybridized carbons (Fsp3) is 0.417. The van der Waals surface area contributed by atoms with Gasteiger partial charge in [0.2, 0.25) is 0 Å². The Kier molecular flexibility index (Phi) is 4.63. The number of aliphatic carboxylic acids is 1. The molecule has 0 saturated carbocycles. The van der Waals surface area contributed by atoms with E-state index in [-0.39, 0.29) is 30.6 Å². The third-order valence-corrected chi connectivity index (χ3v) is 2.59. The van der Waals surface area contributed by atoms with Crippen LogP contribution in [-0.2, 0) is 17.4 Å². The molecule has 0 spiro atoms. The fourth-order valence-electron chi connectivity index (χ4n) is 1.71. The number of methoxy groups -OCH3 is 1. The first-order valence-electron chi connectivity index (χ1n) is 5.45. The van der Waals surface area contributed by atoms with Crippen molar-refractivity contribution in [1.29, 1.82) is 0 Å². The number of carboxylic acid groups (broad SMARTS) is 1. The molecule has 0 fully saturated rings. The standard InChI is InChI=1S/C12H13F3O4/c1-19-9-6-5-8(12(13,14)15)7(11(9)18)3-2-4-10(16)17/h5-6,18H,2-4H2,1H3,(H,16,17). The van der Waals surface area contributed by atoms with Crippen molar-refractivity contribution < 1.29 is 32.9 Å². The molecule has 0 bridgehead atoms. The number of ether oxygens (including phenoxy) is 1. The highest BCUT2D eigenvalue weighted by molar-refractivity contribution is 5.66. The van der Waals surface area contributed by atoms with Crippen LogP contribution in [0.2, 0.25) is 0 Å². The highest BCUT2D eigenvalue weighted by Gasteiger charge is 2.35. The van der Waals surface area contributed by atoms with Crippen molar-refractivity contribution in [3.63, 3.8) is 0 Å². The predicted molar refractivity (Wildman–Crippen MR) is 60.2 cm³/mol. The number of carbonyl (C=O) groups is 1. The number of carboxylic acids is 1. The topological polar surface area (TPSA) is 66.8 Å². The van der Waals surface area contributed by atoms with E-state index in [2.05, 4.69) is 0 Å². The highest BCUT2D eigenvalue weighted by Crippen LogP contribution is 2.40. The molecule has 0 radical (unpaired) electrons. The lowest BCUT2D eigenvalue weighted by molar-refractivity contribution is -0.138. The molecule has 0 aliphatic rings. The van der Waals surface area contributed by atoms with E-state index < -0.39 is 23.5 Å². The van der Waals surface area contributed by atoms with E-state index in [0.717, 1.165) is 12.1 Å². The molecule has 0 saturated heterocycles. The van der Waals surface area contributed by atoms with Crippen LogP contribution in [0.5, 0.6) is 11.5 Å². The van der Waals surface area contributed by atoms with Crippen molar-refractivity contribution in [2.45, 2.75) is 25.4 Å². The zero-order valence-corrected chi connectivity index (χ0v) is 10.1. The predicted octanol–water partition coefficient (Wildman–Crippen LogP) is 2.83. The monoisotopic (exact) mass is 278 g/mol. The van der Waals surface area contributed by atoms with Gasteiger partial charge in [0.05, 0.1) is 12.7 Å². The number of hydrogen-bond donors (Lipinski definition) is 2. The van der Waals surface area contributed by atoms with Crippen LogP contribution in [0.1, 0.15) is 24.0 Å². The molecule has 4 nitrogen and oxygen atoms in total. The lowest BCUT2D eigenvalue weighted by Crippen LogP contribution is -2.10. The summed E-state index contributed by atoms with van der Waals surface area (Å²) in [7, 11) is 1.23. The number of aromatic hydroxyl groups is 1. The summed E-state index contributed by atoms with van der Waals surface area (Å²) < 4.78 is 43.1. The summed E-state index contributed by atoms with van der Waals surface area (Å²) >= 11 is 0. The molecule has 1 aromatic carbocycles. The third-order valence-electron chi connectivity index (χ3n) is 2.59. The number of hydrogen-bond acceptors (Lipinski definition) is 3. The summed E-state index contributed by atoms with van der Waals surface area (Å²) in [5.74, 6) is -1.77. The number of phenolic OH excluding ortho intramolecular Hbond substituents is 1. The van der Waals surface area contributed by atoms with E-state index in [0.29, 0.717) is 0 Å². The molecule has 0 unspecified atom stereocenters. The van der Waals surface area contributed by atoms with Gasteiger partial charge in [0.1, 0.15) is 0 Å². The molecule has 1 rings (SSSR count). The Labute approximate surface area is 107 Å². The summed E-state index contributed by atoms with van der Waals surface area (Å²) in [4.78, 5) is 10.4. The van der Waals surface area contributed by atoms with Crippen LogP contribution in [0.3, 0.4) is 0 Å². The van der Waals surface area contributed by atoms with E-state index >= 15 is 0 Å². The normalized spacial score (nSPS) is 11.4. The summed E-state index contributed by atoms with van der Waals surface area (Å²) in [5, 5.41) is 18.2. The fourth-order valence-corrected chi connectivity index (χ4v) is 1.71. The van der Waals surface area contributed by atoms with Gasteiger partial charge in [-0.25, -0.2) is 0 Å². The molecule has 0 atom stereocenters. The second kappa shape index (κ2) is 5.81. The maximum atomic E-state index is 12.8. The van der Waals surface area contributed by atoms with E-state index in [1.807, 2.05) is 0 Å². The van der Waals surface area contributed by atoms with Crippen LogP contribution in [0.4, 0.5) is 13.2 Å². The van der Waals surface area contributed by atoms with Crippen LogP contribution >= 0.6 is 0 Å². The van der Waals surface area contributed by atoms with E-state index in [1.54, 1.807) is 0 Å². The smallest absolute Gasteiger partial charge is 0.416 e. The molecule has 7 heteroatoms. The first-order chi connectivity index (χ1) is 8.77. The molecule has 0 amide bonds. The molecule has 0 heterocycles. The van der Waals surface area contributed by atoms with Crippen molar-refractivity contribution in [2.75, 3.05) is 7.11 Å². The van der Waals surface area contributed by atoms with Gasteiger partial charge in [-0.2, -0.15) is 13.2 Å². The first-order valence-corrected chi connectivity index (χ1v) is 5.45. The Bertz CT molecular complexity index is 469. The second-order valence-corrected chi connectivity index (χ2v) is 3.89. The van der Waals surface area contributed by atoms with Gasteiger partial charge in [-0.3, -0.25) is 4.79 Å². The lowest BCUT2D eigenvalue weighted by Gasteiger charge is -2.16. The Morgan fingerprint density at radius 2 is 2.00 bits per heavy atom. The minimum Gasteiger partial charge on any atom is -0.504 e. The van der Waals surface area contributed by atoms with E-state index in [9.17, 15) is 23.1 Å². The number of phenols is 1. The van der Waals surface area contributed by atoms with E-state index in [4.69, 9.17) is 9.84 Å². The highest BCUT2D eigenvalue weighted by atomic mass is 19.4. The zero-order valence-electron chi connectivity index (χ0n) is 10.1. The van der Waals surface area contributed by atoms with Crippen molar-refractivity contribution in [3.05, 3.63) is 23.3 Å². The molecular formula is C12H13F3O4. The van der Waals surface area contributed by atoms with Crippen LogP contribution in [0.15, 0.2) is 12.1 Å². The largest absolute Gasteiger partial charge is 0.504 e. The quantitative estimate of drug-likeness (QED) is 0.869. The van der Waals surface area contributed by atoms with Gasteiger partial charge in [-0.05, 0) is 25.0 Å². The molecule has 0 aliphatic carbocycles. The summed E-state index contributed by atoms with van der Waals surface area (Å²) in [6.07, 6.45) is -5.07. The SMILES string of the molecule is COc1ccc(C(F)(F)F)c(CCCC(=O)O)c1O. The molecule has 2 N–H and O–H groups in total. The van der Waals surface area contributed by atoms with Gasteiger partial charge < -0.3 is 14.9 Å². The summed E-state index contributed by atoms with van der Waals surface area (Å²) in [6.45, 7) is 0. The van der Waals surface area contributed by atoms with Crippen LogP contribution in [-0.4, -0.2) is 23.3 Å². The zero-order chi connectivity index (χ0) is 14.6. The van der Waals surface area contributed by atoms with Gasteiger partial charge in [0.25, 0.3) is 0 Å². The van der Waals surface area contributed by atoms with E-state index in [1.165, 1.54) is 7.11 Å². The number of alkyl halides is 3. The maximum Gasteiger partial charge on any atom is 0.416 e. The van der Waals surface area contributed by atoms with Crippen molar-refractivity contribution >= 4 is 5.97 Å². The molecule has 0 aliphatic heterocycles. The Morgan fingerprint density at radius 3 is 2.47 bits per heavy atom. The van der Waals surface area contributed by atoms with Crippen molar-refractivity contribution in [2.24, 2.45) is 0 Å². The average molecular weight is 278 g/mol. The second-order valence-electron chi connectivity index (χ2n) is 3.89. The molecule has 1 aromatic rings. The summed E-state index contributed by atoms with van der Waals surface area (Å²) in [6, 6.07) is 1.84. The Balaban J connectivity index is 3.11. The number of halogens is 3. The maximum absolute atomic E-state index is 12.8. The number of benzene rings is 1. The van der Waals surface area contributed by atoms with Gasteiger partial charge >= 0.3 is 12.1 Å². The van der Waals surface area contributed by atoms with Crippen LogP contribution in [0, 0.1) is 0 Å². The lowest BCUT2D eigenvalue weighted by atomic mass is 9.99. The molecular weight excluding hydrogens is 265 g/mol. The average Bonchev–Trinajstić information content (AvgIpc) is 2.29. The third kappa shape index (κ3) is 3.77. The van der Waals surface area contributed by atoms with Gasteiger partial charge in [0, 0.05) is 12.0 Å². The van der Waals surface area contributed by atoms with Crippen molar-refractivity contribution in [1.82, 2.24) is 0 Å². The summed E-state index contributed by atoms with van der Waals surface area (Å²) in [5.41, 5.74) is -1.32. The van der Waals surface area contributed by atoms with Gasteiger partial charge in [0.15, 0.2) is 11.5 Å².